The highest BCUT2D eigenvalue weighted by Crippen LogP contribution is 2.23. The second-order valence-electron chi connectivity index (χ2n) is 5.77. The van der Waals surface area contributed by atoms with Gasteiger partial charge in [-0.25, -0.2) is 4.39 Å². The fourth-order valence-corrected chi connectivity index (χ4v) is 3.36. The number of aromatic nitrogens is 1. The lowest BCUT2D eigenvalue weighted by atomic mass is 10.2. The van der Waals surface area contributed by atoms with Crippen molar-refractivity contribution in [1.82, 2.24) is 4.57 Å². The van der Waals surface area contributed by atoms with Crippen LogP contribution in [0.5, 0.6) is 0 Å². The highest BCUT2D eigenvalue weighted by atomic mass is 32.2. The summed E-state index contributed by atoms with van der Waals surface area (Å²) < 4.78 is 20.6. The molecule has 0 saturated heterocycles. The third-order valence-corrected chi connectivity index (χ3v) is 4.81. The highest BCUT2D eigenvalue weighted by Gasteiger charge is 2.17. The average Bonchev–Trinajstić information content (AvgIpc) is 2.85. The Morgan fingerprint density at radius 1 is 1.16 bits per heavy atom. The van der Waals surface area contributed by atoms with Crippen molar-refractivity contribution in [2.24, 2.45) is 0 Å². The zero-order chi connectivity index (χ0) is 18.6. The zero-order valence-corrected chi connectivity index (χ0v) is 15.7. The van der Waals surface area contributed by atoms with Crippen molar-refractivity contribution in [1.29, 1.82) is 0 Å². The summed E-state index contributed by atoms with van der Waals surface area (Å²) in [5.74, 6) is -0.294. The van der Waals surface area contributed by atoms with Gasteiger partial charge in [-0.15, -0.1) is 11.8 Å². The molecule has 0 radical (unpaired) electrons. The van der Waals surface area contributed by atoms with E-state index in [1.807, 2.05) is 24.5 Å². The maximum atomic E-state index is 13.9. The van der Waals surface area contributed by atoms with Crippen molar-refractivity contribution in [2.75, 3.05) is 18.1 Å². The molecular formula is C19H22FNO3S. The molecule has 0 bridgehead atoms. The molecule has 0 amide bonds. The highest BCUT2D eigenvalue weighted by molar-refractivity contribution is 8.00. The van der Waals surface area contributed by atoms with E-state index in [0.717, 1.165) is 11.4 Å². The molecule has 1 aromatic heterocycles. The lowest BCUT2D eigenvalue weighted by molar-refractivity contribution is -0.139. The predicted molar refractivity (Wildman–Crippen MR) is 98.2 cm³/mol. The Morgan fingerprint density at radius 2 is 1.88 bits per heavy atom. The number of ketones is 1. The number of thioether (sulfide) groups is 1. The summed E-state index contributed by atoms with van der Waals surface area (Å²) in [7, 11) is 0. The van der Waals surface area contributed by atoms with Gasteiger partial charge in [-0.05, 0) is 51.5 Å². The number of rotatable bonds is 7. The maximum absolute atomic E-state index is 13.9. The second kappa shape index (κ2) is 8.34. The number of halogens is 1. The van der Waals surface area contributed by atoms with Gasteiger partial charge in [-0.2, -0.15) is 0 Å². The summed E-state index contributed by atoms with van der Waals surface area (Å²) in [6, 6.07) is 6.84. The minimum atomic E-state index is -0.319. The van der Waals surface area contributed by atoms with E-state index in [9.17, 15) is 14.0 Å². The third kappa shape index (κ3) is 4.51. The molecule has 6 heteroatoms. The van der Waals surface area contributed by atoms with Crippen LogP contribution in [0, 0.1) is 26.6 Å². The summed E-state index contributed by atoms with van der Waals surface area (Å²) in [5.41, 5.74) is 3.49. The normalized spacial score (nSPS) is 10.8. The number of aryl methyl sites for hydroxylation is 2. The van der Waals surface area contributed by atoms with Crippen LogP contribution in [0.2, 0.25) is 0 Å². The lowest BCUT2D eigenvalue weighted by Crippen LogP contribution is -2.10. The standard InChI is InChI=1S/C19H22FNO3S/c1-5-24-19(23)11-25-10-18(22)16-8-13(3)21(14(16)4)15-7-6-12(2)17(20)9-15/h6-9H,5,10-11H2,1-4H3. The summed E-state index contributed by atoms with van der Waals surface area (Å²) >= 11 is 1.23. The van der Waals surface area contributed by atoms with Crippen molar-refractivity contribution in [3.8, 4) is 5.69 Å². The van der Waals surface area contributed by atoms with Crippen LogP contribution >= 0.6 is 11.8 Å². The molecule has 0 atom stereocenters. The smallest absolute Gasteiger partial charge is 0.315 e. The monoisotopic (exact) mass is 363 g/mol. The topological polar surface area (TPSA) is 48.3 Å². The van der Waals surface area contributed by atoms with Gasteiger partial charge in [0.1, 0.15) is 5.82 Å². The Morgan fingerprint density at radius 3 is 2.52 bits per heavy atom. The van der Waals surface area contributed by atoms with Crippen LogP contribution in [0.25, 0.3) is 5.69 Å². The quantitative estimate of drug-likeness (QED) is 0.551. The van der Waals surface area contributed by atoms with Gasteiger partial charge in [-0.3, -0.25) is 9.59 Å². The van der Waals surface area contributed by atoms with Crippen molar-refractivity contribution >= 4 is 23.5 Å². The Bertz CT molecular complexity index is 798. The molecule has 2 aromatic rings. The van der Waals surface area contributed by atoms with Gasteiger partial charge in [0.2, 0.25) is 0 Å². The van der Waals surface area contributed by atoms with E-state index in [0.29, 0.717) is 23.4 Å². The number of esters is 1. The van der Waals surface area contributed by atoms with Crippen LogP contribution < -0.4 is 0 Å². The summed E-state index contributed by atoms with van der Waals surface area (Å²) in [6.45, 7) is 7.52. The van der Waals surface area contributed by atoms with Gasteiger partial charge in [0.25, 0.3) is 0 Å². The molecule has 1 heterocycles. The van der Waals surface area contributed by atoms with Gasteiger partial charge >= 0.3 is 5.97 Å². The Hall–Kier alpha value is -2.08. The fourth-order valence-electron chi connectivity index (χ4n) is 2.67. The van der Waals surface area contributed by atoms with Gasteiger partial charge < -0.3 is 9.30 Å². The van der Waals surface area contributed by atoms with Crippen LogP contribution in [0.4, 0.5) is 4.39 Å². The number of carbonyl (C=O) groups excluding carboxylic acids is 2. The second-order valence-corrected chi connectivity index (χ2v) is 6.76. The SMILES string of the molecule is CCOC(=O)CSCC(=O)c1cc(C)n(-c2ccc(C)c(F)c2)c1C. The largest absolute Gasteiger partial charge is 0.465 e. The molecule has 0 saturated carbocycles. The molecule has 25 heavy (non-hydrogen) atoms. The van der Waals surface area contributed by atoms with E-state index in [4.69, 9.17) is 4.74 Å². The van der Waals surface area contributed by atoms with Gasteiger partial charge in [0.05, 0.1) is 18.1 Å². The molecule has 4 nitrogen and oxygen atoms in total. The van der Waals surface area contributed by atoms with Crippen molar-refractivity contribution < 1.29 is 18.7 Å². The van der Waals surface area contributed by atoms with Gasteiger partial charge in [0, 0.05) is 22.6 Å². The fraction of sp³-hybridized carbons (Fsp3) is 0.368. The number of hydrogen-bond acceptors (Lipinski definition) is 4. The molecule has 0 aliphatic heterocycles. The van der Waals surface area contributed by atoms with E-state index in [2.05, 4.69) is 0 Å². The van der Waals surface area contributed by atoms with E-state index in [1.165, 1.54) is 17.8 Å². The van der Waals surface area contributed by atoms with Gasteiger partial charge in [0.15, 0.2) is 5.78 Å². The van der Waals surface area contributed by atoms with E-state index in [-0.39, 0.29) is 29.1 Å². The molecule has 134 valence electrons. The molecule has 0 aliphatic carbocycles. The summed E-state index contributed by atoms with van der Waals surface area (Å²) in [6.07, 6.45) is 0. The van der Waals surface area contributed by atoms with Crippen LogP contribution in [0.1, 0.15) is 34.2 Å². The van der Waals surface area contributed by atoms with Crippen molar-refractivity contribution in [2.45, 2.75) is 27.7 Å². The Balaban J connectivity index is 2.17. The van der Waals surface area contributed by atoms with Crippen LogP contribution in [-0.2, 0) is 9.53 Å². The third-order valence-electron chi connectivity index (χ3n) is 3.90. The molecule has 0 fully saturated rings. The lowest BCUT2D eigenvalue weighted by Gasteiger charge is -2.11. The first-order chi connectivity index (χ1) is 11.8. The van der Waals surface area contributed by atoms with Gasteiger partial charge in [-0.1, -0.05) is 6.07 Å². The number of benzene rings is 1. The number of ether oxygens (including phenoxy) is 1. The van der Waals surface area contributed by atoms with E-state index >= 15 is 0 Å². The number of Topliss-reactive ketones (excluding diaryl/α,β-unsaturated/α-hetero) is 1. The molecule has 0 aliphatic rings. The first kappa shape index (κ1) is 19.2. The molecule has 1 aromatic carbocycles. The first-order valence-corrected chi connectivity index (χ1v) is 9.22. The van der Waals surface area contributed by atoms with Crippen LogP contribution in [0.3, 0.4) is 0 Å². The molecule has 0 unspecified atom stereocenters. The number of nitrogens with zero attached hydrogens (tertiary/aromatic N) is 1. The van der Waals surface area contributed by atoms with E-state index < -0.39 is 0 Å². The minimum Gasteiger partial charge on any atom is -0.465 e. The summed E-state index contributed by atoms with van der Waals surface area (Å²) in [4.78, 5) is 23.8. The summed E-state index contributed by atoms with van der Waals surface area (Å²) in [5, 5.41) is 0. The Labute approximate surface area is 151 Å². The average molecular weight is 363 g/mol. The maximum Gasteiger partial charge on any atom is 0.315 e. The Kier molecular flexibility index (Phi) is 6.42. The van der Waals surface area contributed by atoms with Crippen LogP contribution in [0.15, 0.2) is 24.3 Å². The molecular weight excluding hydrogens is 341 g/mol. The zero-order valence-electron chi connectivity index (χ0n) is 14.9. The van der Waals surface area contributed by atoms with E-state index in [1.54, 1.807) is 26.0 Å². The first-order valence-electron chi connectivity index (χ1n) is 8.07. The van der Waals surface area contributed by atoms with Crippen molar-refractivity contribution in [3.63, 3.8) is 0 Å². The molecule has 2 rings (SSSR count). The number of hydrogen-bond donors (Lipinski definition) is 0. The molecule has 0 spiro atoms. The minimum absolute atomic E-state index is 0.0544. The molecule has 0 N–H and O–H groups in total. The number of carbonyl (C=O) groups is 2. The predicted octanol–water partition coefficient (Wildman–Crippen LogP) is 4.02. The van der Waals surface area contributed by atoms with Crippen LogP contribution in [-0.4, -0.2) is 34.4 Å². The van der Waals surface area contributed by atoms with Crippen molar-refractivity contribution in [3.05, 3.63) is 52.6 Å².